The standard InChI is InChI=1S/C18H23N5O2.2ClH/c1-12-14(9-15(24)23-18(11-19)6-2-3-7-18)17(25)22-16(21-12)13-5-4-8-20-10-13;;/h4-5,8,10H,2-3,6-7,9,11,19H2,1H3,(H,23,24)(H,21,22,25);2*1H. The Bertz CT molecular complexity index is 820. The first-order chi connectivity index (χ1) is 12.0. The highest BCUT2D eigenvalue weighted by Crippen LogP contribution is 2.28. The summed E-state index contributed by atoms with van der Waals surface area (Å²) in [5.41, 5.74) is 6.90. The van der Waals surface area contributed by atoms with E-state index in [9.17, 15) is 9.59 Å². The third-order valence-corrected chi connectivity index (χ3v) is 4.85. The summed E-state index contributed by atoms with van der Waals surface area (Å²) in [5, 5.41) is 3.04. The monoisotopic (exact) mass is 413 g/mol. The molecule has 0 bridgehead atoms. The smallest absolute Gasteiger partial charge is 0.255 e. The van der Waals surface area contributed by atoms with E-state index in [4.69, 9.17) is 5.73 Å². The number of halogens is 2. The topological polar surface area (TPSA) is 114 Å². The third-order valence-electron chi connectivity index (χ3n) is 4.85. The number of hydrogen-bond donors (Lipinski definition) is 3. The fourth-order valence-corrected chi connectivity index (χ4v) is 3.39. The van der Waals surface area contributed by atoms with E-state index >= 15 is 0 Å². The largest absolute Gasteiger partial charge is 0.349 e. The molecule has 148 valence electrons. The van der Waals surface area contributed by atoms with Gasteiger partial charge < -0.3 is 16.0 Å². The predicted molar refractivity (Wildman–Crippen MR) is 109 cm³/mol. The Labute approximate surface area is 170 Å². The Morgan fingerprint density at radius 2 is 2.04 bits per heavy atom. The molecule has 4 N–H and O–H groups in total. The van der Waals surface area contributed by atoms with Crippen LogP contribution in [-0.2, 0) is 11.2 Å². The number of nitrogens with one attached hydrogen (secondary N) is 2. The highest BCUT2D eigenvalue weighted by molar-refractivity contribution is 5.85. The molecule has 7 nitrogen and oxygen atoms in total. The van der Waals surface area contributed by atoms with Crippen LogP contribution in [0.5, 0.6) is 0 Å². The van der Waals surface area contributed by atoms with Crippen molar-refractivity contribution in [2.24, 2.45) is 5.73 Å². The highest BCUT2D eigenvalue weighted by Gasteiger charge is 2.34. The Morgan fingerprint density at radius 3 is 2.59 bits per heavy atom. The maximum atomic E-state index is 12.4. The number of aromatic nitrogens is 3. The number of H-pyrrole nitrogens is 1. The first-order valence-electron chi connectivity index (χ1n) is 8.54. The zero-order chi connectivity index (χ0) is 17.9. The van der Waals surface area contributed by atoms with Crippen LogP contribution in [0.4, 0.5) is 0 Å². The molecule has 3 rings (SSSR count). The number of amides is 1. The van der Waals surface area contributed by atoms with Crippen LogP contribution in [0, 0.1) is 6.92 Å². The van der Waals surface area contributed by atoms with Gasteiger partial charge in [-0.05, 0) is 31.9 Å². The Kier molecular flexibility index (Phi) is 8.40. The number of carbonyl (C=O) groups is 1. The first-order valence-corrected chi connectivity index (χ1v) is 8.54. The van der Waals surface area contributed by atoms with E-state index < -0.39 is 0 Å². The molecular weight excluding hydrogens is 389 g/mol. The van der Waals surface area contributed by atoms with Crippen LogP contribution in [0.15, 0.2) is 29.3 Å². The highest BCUT2D eigenvalue weighted by atomic mass is 35.5. The van der Waals surface area contributed by atoms with Crippen molar-refractivity contribution in [1.29, 1.82) is 0 Å². The molecule has 27 heavy (non-hydrogen) atoms. The van der Waals surface area contributed by atoms with Crippen molar-refractivity contribution >= 4 is 30.7 Å². The summed E-state index contributed by atoms with van der Waals surface area (Å²) in [6.45, 7) is 2.16. The van der Waals surface area contributed by atoms with Crippen molar-refractivity contribution in [3.63, 3.8) is 0 Å². The zero-order valence-corrected chi connectivity index (χ0v) is 16.8. The van der Waals surface area contributed by atoms with E-state index in [1.807, 2.05) is 6.07 Å². The number of hydrogen-bond acceptors (Lipinski definition) is 5. The first kappa shape index (κ1) is 23.1. The van der Waals surface area contributed by atoms with Crippen LogP contribution in [-0.4, -0.2) is 32.9 Å². The maximum absolute atomic E-state index is 12.4. The summed E-state index contributed by atoms with van der Waals surface area (Å²) in [4.78, 5) is 36.1. The van der Waals surface area contributed by atoms with Gasteiger partial charge in [0.2, 0.25) is 5.91 Å². The van der Waals surface area contributed by atoms with Crippen LogP contribution in [0.25, 0.3) is 11.4 Å². The van der Waals surface area contributed by atoms with E-state index in [-0.39, 0.29) is 48.2 Å². The molecule has 9 heteroatoms. The average molecular weight is 414 g/mol. The van der Waals surface area contributed by atoms with Crippen molar-refractivity contribution in [3.05, 3.63) is 46.1 Å². The zero-order valence-electron chi connectivity index (χ0n) is 15.2. The molecule has 1 amide bonds. The minimum absolute atomic E-state index is 0. The van der Waals surface area contributed by atoms with Gasteiger partial charge in [0.25, 0.3) is 5.56 Å². The second-order valence-electron chi connectivity index (χ2n) is 6.64. The number of aromatic amines is 1. The van der Waals surface area contributed by atoms with Crippen molar-refractivity contribution < 1.29 is 4.79 Å². The molecule has 0 atom stereocenters. The SMILES string of the molecule is Cc1nc(-c2cccnc2)[nH]c(=O)c1CC(=O)NC1(CN)CCCC1.Cl.Cl. The van der Waals surface area contributed by atoms with E-state index in [0.29, 0.717) is 23.6 Å². The van der Waals surface area contributed by atoms with E-state index in [0.717, 1.165) is 31.2 Å². The number of pyridine rings is 1. The average Bonchev–Trinajstić information content (AvgIpc) is 3.07. The Morgan fingerprint density at radius 1 is 1.33 bits per heavy atom. The van der Waals surface area contributed by atoms with Gasteiger partial charge in [0, 0.05) is 35.8 Å². The fraction of sp³-hybridized carbons (Fsp3) is 0.444. The number of rotatable bonds is 5. The van der Waals surface area contributed by atoms with E-state index in [2.05, 4.69) is 20.3 Å². The minimum atomic E-state index is -0.319. The molecule has 0 aliphatic heterocycles. The molecule has 0 aromatic carbocycles. The van der Waals surface area contributed by atoms with Crippen molar-refractivity contribution in [1.82, 2.24) is 20.3 Å². The Balaban J connectivity index is 0.00000182. The second kappa shape index (κ2) is 9.82. The molecule has 1 aliphatic rings. The van der Waals surface area contributed by atoms with Crippen LogP contribution in [0.2, 0.25) is 0 Å². The molecule has 1 aliphatic carbocycles. The maximum Gasteiger partial charge on any atom is 0.255 e. The van der Waals surface area contributed by atoms with Crippen LogP contribution in [0.3, 0.4) is 0 Å². The van der Waals surface area contributed by atoms with Crippen molar-refractivity contribution in [2.75, 3.05) is 6.54 Å². The lowest BCUT2D eigenvalue weighted by atomic mass is 9.97. The minimum Gasteiger partial charge on any atom is -0.349 e. The van der Waals surface area contributed by atoms with Gasteiger partial charge in [0.15, 0.2) is 0 Å². The number of aryl methyl sites for hydroxylation is 1. The van der Waals surface area contributed by atoms with Crippen LogP contribution >= 0.6 is 24.8 Å². The van der Waals surface area contributed by atoms with Gasteiger partial charge in [-0.3, -0.25) is 14.6 Å². The summed E-state index contributed by atoms with van der Waals surface area (Å²) in [5.74, 6) is 0.269. The number of nitrogens with two attached hydrogens (primary N) is 1. The molecule has 0 saturated heterocycles. The molecule has 1 saturated carbocycles. The van der Waals surface area contributed by atoms with Crippen molar-refractivity contribution in [2.45, 2.75) is 44.6 Å². The molecule has 2 heterocycles. The summed E-state index contributed by atoms with van der Waals surface area (Å²) in [6.07, 6.45) is 7.21. The molecule has 1 fully saturated rings. The Hall–Kier alpha value is -1.96. The van der Waals surface area contributed by atoms with Gasteiger partial charge in [0.05, 0.1) is 12.0 Å². The van der Waals surface area contributed by atoms with Gasteiger partial charge >= 0.3 is 0 Å². The van der Waals surface area contributed by atoms with Gasteiger partial charge in [-0.15, -0.1) is 24.8 Å². The van der Waals surface area contributed by atoms with E-state index in [1.165, 1.54) is 0 Å². The van der Waals surface area contributed by atoms with Gasteiger partial charge in [-0.25, -0.2) is 4.98 Å². The van der Waals surface area contributed by atoms with Crippen LogP contribution < -0.4 is 16.6 Å². The summed E-state index contributed by atoms with van der Waals surface area (Å²) in [7, 11) is 0. The predicted octanol–water partition coefficient (Wildman–Crippen LogP) is 1.91. The molecule has 0 spiro atoms. The lowest BCUT2D eigenvalue weighted by Crippen LogP contribution is -2.52. The molecule has 2 aromatic rings. The number of nitrogens with zero attached hydrogens (tertiary/aromatic N) is 2. The normalized spacial score (nSPS) is 14.7. The third kappa shape index (κ3) is 5.28. The lowest BCUT2D eigenvalue weighted by Gasteiger charge is -2.28. The van der Waals surface area contributed by atoms with Gasteiger partial charge in [-0.2, -0.15) is 0 Å². The molecule has 0 radical (unpaired) electrons. The lowest BCUT2D eigenvalue weighted by molar-refractivity contribution is -0.122. The van der Waals surface area contributed by atoms with Gasteiger partial charge in [0.1, 0.15) is 5.82 Å². The van der Waals surface area contributed by atoms with Gasteiger partial charge in [-0.1, -0.05) is 12.8 Å². The second-order valence-corrected chi connectivity index (χ2v) is 6.64. The quantitative estimate of drug-likeness (QED) is 0.692. The molecule has 2 aromatic heterocycles. The van der Waals surface area contributed by atoms with Crippen molar-refractivity contribution in [3.8, 4) is 11.4 Å². The summed E-state index contributed by atoms with van der Waals surface area (Å²) in [6, 6.07) is 3.60. The summed E-state index contributed by atoms with van der Waals surface area (Å²) < 4.78 is 0. The molecular formula is C18H25Cl2N5O2. The fourth-order valence-electron chi connectivity index (χ4n) is 3.39. The summed E-state index contributed by atoms with van der Waals surface area (Å²) >= 11 is 0. The number of carbonyl (C=O) groups excluding carboxylic acids is 1. The van der Waals surface area contributed by atoms with Crippen LogP contribution in [0.1, 0.15) is 36.9 Å². The van der Waals surface area contributed by atoms with E-state index in [1.54, 1.807) is 25.4 Å². The molecule has 0 unspecified atom stereocenters.